The van der Waals surface area contributed by atoms with Crippen molar-refractivity contribution in [3.05, 3.63) is 42.2 Å². The Bertz CT molecular complexity index is 433. The molecule has 4 nitrogen and oxygen atoms in total. The Labute approximate surface area is 82.4 Å². The topological polar surface area (TPSA) is 56.7 Å². The van der Waals surface area contributed by atoms with Gasteiger partial charge in [-0.05, 0) is 13.0 Å². The molecule has 0 aliphatic rings. The Morgan fingerprint density at radius 1 is 1.43 bits per heavy atom. The normalized spacial score (nSPS) is 10.4. The molecule has 0 aliphatic heterocycles. The zero-order valence-corrected chi connectivity index (χ0v) is 8.01. The van der Waals surface area contributed by atoms with E-state index >= 15 is 0 Å². The summed E-state index contributed by atoms with van der Waals surface area (Å²) < 4.78 is 2.00. The molecule has 2 heterocycles. The van der Waals surface area contributed by atoms with E-state index in [0.717, 1.165) is 17.1 Å². The summed E-state index contributed by atoms with van der Waals surface area (Å²) in [4.78, 5) is 8.21. The van der Waals surface area contributed by atoms with Gasteiger partial charge in [0.1, 0.15) is 5.82 Å². The Hall–Kier alpha value is -1.68. The van der Waals surface area contributed by atoms with Crippen LogP contribution >= 0.6 is 0 Å². The molecule has 0 aromatic carbocycles. The zero-order valence-electron chi connectivity index (χ0n) is 8.01. The average Bonchev–Trinajstić information content (AvgIpc) is 2.64. The first-order valence-electron chi connectivity index (χ1n) is 4.46. The lowest BCUT2D eigenvalue weighted by atomic mass is 10.2. The summed E-state index contributed by atoms with van der Waals surface area (Å²) in [6.45, 7) is 2.45. The molecule has 0 bridgehead atoms. The molecule has 14 heavy (non-hydrogen) atoms. The van der Waals surface area contributed by atoms with Crippen LogP contribution in [0.2, 0.25) is 0 Å². The summed E-state index contributed by atoms with van der Waals surface area (Å²) in [5.74, 6) is 0.950. The highest BCUT2D eigenvalue weighted by molar-refractivity contribution is 5.39. The van der Waals surface area contributed by atoms with Gasteiger partial charge in [0.15, 0.2) is 0 Å². The van der Waals surface area contributed by atoms with Crippen molar-refractivity contribution in [3.63, 3.8) is 0 Å². The SMILES string of the molecule is Cc1nccn1-c1ccncc1CN. The van der Waals surface area contributed by atoms with E-state index in [0.29, 0.717) is 6.54 Å². The minimum Gasteiger partial charge on any atom is -0.326 e. The van der Waals surface area contributed by atoms with Gasteiger partial charge in [-0.15, -0.1) is 0 Å². The van der Waals surface area contributed by atoms with Crippen molar-refractivity contribution in [2.45, 2.75) is 13.5 Å². The van der Waals surface area contributed by atoms with Gasteiger partial charge in [0.05, 0.1) is 5.69 Å². The quantitative estimate of drug-likeness (QED) is 0.766. The Balaban J connectivity index is 2.56. The minimum absolute atomic E-state index is 0.487. The lowest BCUT2D eigenvalue weighted by molar-refractivity contribution is 0.927. The van der Waals surface area contributed by atoms with Crippen LogP contribution in [0.4, 0.5) is 0 Å². The fourth-order valence-electron chi connectivity index (χ4n) is 1.44. The highest BCUT2D eigenvalue weighted by atomic mass is 15.1. The maximum absolute atomic E-state index is 5.63. The summed E-state index contributed by atoms with van der Waals surface area (Å²) in [6.07, 6.45) is 7.24. The second kappa shape index (κ2) is 3.59. The molecule has 2 aromatic rings. The number of nitrogens with two attached hydrogens (primary N) is 1. The Morgan fingerprint density at radius 3 is 2.93 bits per heavy atom. The van der Waals surface area contributed by atoms with Gasteiger partial charge in [-0.3, -0.25) is 4.98 Å². The van der Waals surface area contributed by atoms with Gasteiger partial charge in [0.25, 0.3) is 0 Å². The smallest absolute Gasteiger partial charge is 0.110 e. The fraction of sp³-hybridized carbons (Fsp3) is 0.200. The monoisotopic (exact) mass is 188 g/mol. The highest BCUT2D eigenvalue weighted by Gasteiger charge is 2.04. The summed E-state index contributed by atoms with van der Waals surface area (Å²) in [7, 11) is 0. The van der Waals surface area contributed by atoms with Gasteiger partial charge in [-0.2, -0.15) is 0 Å². The van der Waals surface area contributed by atoms with Gasteiger partial charge < -0.3 is 10.3 Å². The van der Waals surface area contributed by atoms with Gasteiger partial charge in [-0.25, -0.2) is 4.98 Å². The first kappa shape index (κ1) is 8.90. The molecule has 2 aromatic heterocycles. The standard InChI is InChI=1S/C10H12N4/c1-8-13-4-5-14(8)10-2-3-12-7-9(10)6-11/h2-5,7H,6,11H2,1H3. The first-order chi connectivity index (χ1) is 6.83. The Kier molecular flexibility index (Phi) is 2.28. The molecule has 2 rings (SSSR count). The van der Waals surface area contributed by atoms with Crippen LogP contribution in [-0.2, 0) is 6.54 Å². The third-order valence-electron chi connectivity index (χ3n) is 2.18. The predicted octanol–water partition coefficient (Wildman–Crippen LogP) is 1.03. The molecule has 0 radical (unpaired) electrons. The van der Waals surface area contributed by atoms with E-state index in [1.165, 1.54) is 0 Å². The maximum Gasteiger partial charge on any atom is 0.110 e. The molecule has 0 fully saturated rings. The van der Waals surface area contributed by atoms with Crippen LogP contribution < -0.4 is 5.73 Å². The van der Waals surface area contributed by atoms with Crippen LogP contribution in [0.15, 0.2) is 30.9 Å². The molecule has 0 aliphatic carbocycles. The fourth-order valence-corrected chi connectivity index (χ4v) is 1.44. The first-order valence-corrected chi connectivity index (χ1v) is 4.46. The van der Waals surface area contributed by atoms with E-state index in [4.69, 9.17) is 5.73 Å². The molecule has 0 saturated carbocycles. The van der Waals surface area contributed by atoms with Gasteiger partial charge in [0, 0.05) is 36.9 Å². The molecule has 72 valence electrons. The van der Waals surface area contributed by atoms with Crippen molar-refractivity contribution in [1.82, 2.24) is 14.5 Å². The minimum atomic E-state index is 0.487. The third kappa shape index (κ3) is 1.40. The lowest BCUT2D eigenvalue weighted by Crippen LogP contribution is -2.05. The van der Waals surface area contributed by atoms with E-state index in [9.17, 15) is 0 Å². The van der Waals surface area contributed by atoms with Crippen LogP contribution in [0.25, 0.3) is 5.69 Å². The third-order valence-corrected chi connectivity index (χ3v) is 2.18. The highest BCUT2D eigenvalue weighted by Crippen LogP contribution is 2.13. The Morgan fingerprint density at radius 2 is 2.29 bits per heavy atom. The second-order valence-corrected chi connectivity index (χ2v) is 3.05. The number of rotatable bonds is 2. The lowest BCUT2D eigenvalue weighted by Gasteiger charge is -2.08. The molecule has 0 amide bonds. The van der Waals surface area contributed by atoms with Crippen LogP contribution in [0.5, 0.6) is 0 Å². The van der Waals surface area contributed by atoms with Crippen molar-refractivity contribution < 1.29 is 0 Å². The molecule has 0 spiro atoms. The molecular weight excluding hydrogens is 176 g/mol. The van der Waals surface area contributed by atoms with E-state index in [-0.39, 0.29) is 0 Å². The van der Waals surface area contributed by atoms with Crippen molar-refractivity contribution in [1.29, 1.82) is 0 Å². The number of hydrogen-bond acceptors (Lipinski definition) is 3. The number of imidazole rings is 1. The van der Waals surface area contributed by atoms with E-state index in [1.54, 1.807) is 18.6 Å². The van der Waals surface area contributed by atoms with Crippen LogP contribution in [0.3, 0.4) is 0 Å². The predicted molar refractivity (Wildman–Crippen MR) is 54.0 cm³/mol. The van der Waals surface area contributed by atoms with Crippen LogP contribution in [-0.4, -0.2) is 14.5 Å². The average molecular weight is 188 g/mol. The van der Waals surface area contributed by atoms with Crippen LogP contribution in [0, 0.1) is 6.92 Å². The number of pyridine rings is 1. The molecule has 0 saturated heterocycles. The number of nitrogens with zero attached hydrogens (tertiary/aromatic N) is 3. The van der Waals surface area contributed by atoms with Gasteiger partial charge in [-0.1, -0.05) is 0 Å². The zero-order chi connectivity index (χ0) is 9.97. The maximum atomic E-state index is 5.63. The molecule has 0 unspecified atom stereocenters. The van der Waals surface area contributed by atoms with Crippen molar-refractivity contribution in [3.8, 4) is 5.69 Å². The number of aromatic nitrogens is 3. The van der Waals surface area contributed by atoms with Gasteiger partial charge in [0.2, 0.25) is 0 Å². The van der Waals surface area contributed by atoms with E-state index < -0.39 is 0 Å². The van der Waals surface area contributed by atoms with Crippen LogP contribution in [0.1, 0.15) is 11.4 Å². The summed E-state index contributed by atoms with van der Waals surface area (Å²) in [5, 5.41) is 0. The molecule has 0 atom stereocenters. The van der Waals surface area contributed by atoms with Gasteiger partial charge >= 0.3 is 0 Å². The largest absolute Gasteiger partial charge is 0.326 e. The van der Waals surface area contributed by atoms with Crippen molar-refractivity contribution in [2.24, 2.45) is 5.73 Å². The summed E-state index contributed by atoms with van der Waals surface area (Å²) in [5.41, 5.74) is 7.71. The number of hydrogen-bond donors (Lipinski definition) is 1. The summed E-state index contributed by atoms with van der Waals surface area (Å²) >= 11 is 0. The molecular formula is C10H12N4. The van der Waals surface area contributed by atoms with E-state index in [2.05, 4.69) is 9.97 Å². The summed E-state index contributed by atoms with van der Waals surface area (Å²) in [6, 6.07) is 1.94. The van der Waals surface area contributed by atoms with E-state index in [1.807, 2.05) is 23.8 Å². The van der Waals surface area contributed by atoms with Crippen molar-refractivity contribution >= 4 is 0 Å². The second-order valence-electron chi connectivity index (χ2n) is 3.05. The van der Waals surface area contributed by atoms with Crippen molar-refractivity contribution in [2.75, 3.05) is 0 Å². The molecule has 4 heteroatoms. The number of aryl methyl sites for hydroxylation is 1. The molecule has 2 N–H and O–H groups in total.